The summed E-state index contributed by atoms with van der Waals surface area (Å²) in [5.41, 5.74) is 2.89. The van der Waals surface area contributed by atoms with Gasteiger partial charge in [0, 0.05) is 28.8 Å². The maximum absolute atomic E-state index is 12.8. The highest BCUT2D eigenvalue weighted by molar-refractivity contribution is 7.15. The predicted molar refractivity (Wildman–Crippen MR) is 107 cm³/mol. The van der Waals surface area contributed by atoms with Crippen molar-refractivity contribution in [2.24, 2.45) is 5.92 Å². The summed E-state index contributed by atoms with van der Waals surface area (Å²) < 4.78 is 5.61. The molecule has 1 unspecified atom stereocenters. The highest BCUT2D eigenvalue weighted by Gasteiger charge is 2.28. The normalized spacial score (nSPS) is 15.8. The molecule has 5 nitrogen and oxygen atoms in total. The summed E-state index contributed by atoms with van der Waals surface area (Å²) in [5.74, 6) is 0.708. The van der Waals surface area contributed by atoms with Gasteiger partial charge in [-0.25, -0.2) is 4.98 Å². The second-order valence-corrected chi connectivity index (χ2v) is 7.57. The van der Waals surface area contributed by atoms with Crippen molar-refractivity contribution in [3.05, 3.63) is 59.4 Å². The van der Waals surface area contributed by atoms with E-state index in [9.17, 15) is 4.79 Å². The molecule has 138 valence electrons. The molecule has 1 atom stereocenters. The van der Waals surface area contributed by atoms with Crippen LogP contribution in [0.5, 0.6) is 5.75 Å². The van der Waals surface area contributed by atoms with Crippen LogP contribution in [0.25, 0.3) is 10.6 Å². The minimum Gasteiger partial charge on any atom is -0.492 e. The fourth-order valence-corrected chi connectivity index (χ4v) is 4.48. The lowest BCUT2D eigenvalue weighted by Gasteiger charge is -2.21. The summed E-state index contributed by atoms with van der Waals surface area (Å²) in [6.07, 6.45) is 5.97. The van der Waals surface area contributed by atoms with Crippen molar-refractivity contribution in [1.29, 1.82) is 0 Å². The number of thiazole rings is 1. The standard InChI is InChI=1S/C21H21N3O2S/c1-2-26-18-8-4-3-7-16(18)23-20(25)14-9-10-17-19(12-14)27-21(24-17)15-6-5-11-22-13-15/h3-8,11,13-14H,2,9-10,12H2,1H3,(H,23,25). The first-order valence-corrected chi connectivity index (χ1v) is 9.98. The lowest BCUT2D eigenvalue weighted by atomic mass is 9.90. The number of nitrogens with zero attached hydrogens (tertiary/aromatic N) is 2. The number of benzene rings is 1. The van der Waals surface area contributed by atoms with Crippen LogP contribution in [-0.2, 0) is 17.6 Å². The monoisotopic (exact) mass is 379 g/mol. The highest BCUT2D eigenvalue weighted by Crippen LogP contribution is 2.35. The van der Waals surface area contributed by atoms with Crippen molar-refractivity contribution in [2.75, 3.05) is 11.9 Å². The molecule has 0 spiro atoms. The molecule has 0 bridgehead atoms. The largest absolute Gasteiger partial charge is 0.492 e. The molecule has 0 saturated carbocycles. The van der Waals surface area contributed by atoms with Gasteiger partial charge in [-0.15, -0.1) is 11.3 Å². The van der Waals surface area contributed by atoms with Crippen LogP contribution in [0.4, 0.5) is 5.69 Å². The zero-order valence-corrected chi connectivity index (χ0v) is 16.0. The van der Waals surface area contributed by atoms with E-state index in [4.69, 9.17) is 9.72 Å². The van der Waals surface area contributed by atoms with Crippen molar-refractivity contribution in [3.8, 4) is 16.3 Å². The third kappa shape index (κ3) is 3.85. The van der Waals surface area contributed by atoms with Gasteiger partial charge in [0.25, 0.3) is 0 Å². The third-order valence-corrected chi connectivity index (χ3v) is 5.83. The average Bonchev–Trinajstić information content (AvgIpc) is 3.14. The predicted octanol–water partition coefficient (Wildman–Crippen LogP) is 4.35. The lowest BCUT2D eigenvalue weighted by molar-refractivity contribution is -0.120. The maximum Gasteiger partial charge on any atom is 0.227 e. The first-order chi connectivity index (χ1) is 13.2. The molecule has 2 heterocycles. The topological polar surface area (TPSA) is 64.1 Å². The highest BCUT2D eigenvalue weighted by atomic mass is 32.1. The van der Waals surface area contributed by atoms with Crippen LogP contribution in [-0.4, -0.2) is 22.5 Å². The SMILES string of the molecule is CCOc1ccccc1NC(=O)C1CCc2nc(-c3cccnc3)sc2C1. The van der Waals surface area contributed by atoms with E-state index < -0.39 is 0 Å². The Morgan fingerprint density at radius 3 is 3.00 bits per heavy atom. The second kappa shape index (κ2) is 7.88. The Morgan fingerprint density at radius 1 is 1.30 bits per heavy atom. The summed E-state index contributed by atoms with van der Waals surface area (Å²) in [7, 11) is 0. The molecule has 1 N–H and O–H groups in total. The van der Waals surface area contributed by atoms with Crippen molar-refractivity contribution in [2.45, 2.75) is 26.2 Å². The van der Waals surface area contributed by atoms with Gasteiger partial charge < -0.3 is 10.1 Å². The molecule has 0 radical (unpaired) electrons. The smallest absolute Gasteiger partial charge is 0.227 e. The average molecular weight is 379 g/mol. The summed E-state index contributed by atoms with van der Waals surface area (Å²) in [6.45, 7) is 2.50. The molecular weight excluding hydrogens is 358 g/mol. The minimum atomic E-state index is -0.0469. The van der Waals surface area contributed by atoms with E-state index in [0.29, 0.717) is 12.4 Å². The third-order valence-electron chi connectivity index (χ3n) is 4.66. The number of carbonyl (C=O) groups excluding carboxylic acids is 1. The summed E-state index contributed by atoms with van der Waals surface area (Å²) in [4.78, 5) is 23.0. The van der Waals surface area contributed by atoms with E-state index in [1.165, 1.54) is 4.88 Å². The molecule has 1 aliphatic rings. The van der Waals surface area contributed by atoms with Crippen LogP contribution in [0.2, 0.25) is 0 Å². The van der Waals surface area contributed by atoms with Gasteiger partial charge in [0.1, 0.15) is 10.8 Å². The first-order valence-electron chi connectivity index (χ1n) is 9.16. The van der Waals surface area contributed by atoms with Gasteiger partial charge in [0.2, 0.25) is 5.91 Å². The Kier molecular flexibility index (Phi) is 5.16. The van der Waals surface area contributed by atoms with Crippen LogP contribution in [0.1, 0.15) is 23.9 Å². The fraction of sp³-hybridized carbons (Fsp3) is 0.286. The molecule has 27 heavy (non-hydrogen) atoms. The minimum absolute atomic E-state index is 0.0455. The molecule has 1 aliphatic carbocycles. The van der Waals surface area contributed by atoms with Crippen molar-refractivity contribution >= 4 is 22.9 Å². The molecule has 1 aromatic carbocycles. The number of amides is 1. The molecule has 2 aromatic heterocycles. The van der Waals surface area contributed by atoms with Gasteiger partial charge in [0.05, 0.1) is 18.0 Å². The quantitative estimate of drug-likeness (QED) is 0.716. The molecule has 0 fully saturated rings. The van der Waals surface area contributed by atoms with Crippen molar-refractivity contribution < 1.29 is 9.53 Å². The number of aromatic nitrogens is 2. The summed E-state index contributed by atoms with van der Waals surface area (Å²) in [6, 6.07) is 11.5. The van der Waals surface area contributed by atoms with Gasteiger partial charge in [-0.2, -0.15) is 0 Å². The van der Waals surface area contributed by atoms with Gasteiger partial charge in [-0.05, 0) is 50.5 Å². The Bertz CT molecular complexity index is 940. The van der Waals surface area contributed by atoms with Crippen LogP contribution in [0.3, 0.4) is 0 Å². The van der Waals surface area contributed by atoms with Crippen LogP contribution < -0.4 is 10.1 Å². The molecule has 1 amide bonds. The van der Waals surface area contributed by atoms with E-state index in [1.807, 2.05) is 49.5 Å². The van der Waals surface area contributed by atoms with E-state index >= 15 is 0 Å². The number of para-hydroxylation sites is 2. The summed E-state index contributed by atoms with van der Waals surface area (Å²) in [5, 5.41) is 4.03. The molecule has 4 rings (SSSR count). The number of rotatable bonds is 5. The number of ether oxygens (including phenoxy) is 1. The summed E-state index contributed by atoms with van der Waals surface area (Å²) >= 11 is 1.67. The van der Waals surface area contributed by atoms with Gasteiger partial charge in [-0.3, -0.25) is 9.78 Å². The Hall–Kier alpha value is -2.73. The van der Waals surface area contributed by atoms with E-state index in [2.05, 4.69) is 10.3 Å². The number of hydrogen-bond donors (Lipinski definition) is 1. The van der Waals surface area contributed by atoms with Gasteiger partial charge in [0.15, 0.2) is 0 Å². The number of fused-ring (bicyclic) bond motifs is 1. The van der Waals surface area contributed by atoms with E-state index in [-0.39, 0.29) is 11.8 Å². The first kappa shape index (κ1) is 17.7. The number of pyridine rings is 1. The second-order valence-electron chi connectivity index (χ2n) is 6.49. The maximum atomic E-state index is 12.8. The Morgan fingerprint density at radius 2 is 2.19 bits per heavy atom. The zero-order chi connectivity index (χ0) is 18.6. The van der Waals surface area contributed by atoms with Crippen LogP contribution in [0, 0.1) is 5.92 Å². The lowest BCUT2D eigenvalue weighted by Crippen LogP contribution is -2.27. The fourth-order valence-electron chi connectivity index (χ4n) is 3.30. The molecule has 0 saturated heterocycles. The number of nitrogens with one attached hydrogen (secondary N) is 1. The number of hydrogen-bond acceptors (Lipinski definition) is 5. The van der Waals surface area contributed by atoms with E-state index in [0.717, 1.165) is 41.2 Å². The van der Waals surface area contributed by atoms with Crippen molar-refractivity contribution in [3.63, 3.8) is 0 Å². The van der Waals surface area contributed by atoms with Crippen LogP contribution >= 0.6 is 11.3 Å². The number of aryl methyl sites for hydroxylation is 1. The molecular formula is C21H21N3O2S. The Labute approximate surface area is 162 Å². The number of anilines is 1. The number of carbonyl (C=O) groups is 1. The van der Waals surface area contributed by atoms with Crippen LogP contribution in [0.15, 0.2) is 48.8 Å². The van der Waals surface area contributed by atoms with E-state index in [1.54, 1.807) is 17.5 Å². The van der Waals surface area contributed by atoms with Gasteiger partial charge in [-0.1, -0.05) is 12.1 Å². The molecule has 3 aromatic rings. The molecule has 0 aliphatic heterocycles. The Balaban J connectivity index is 1.48. The van der Waals surface area contributed by atoms with Crippen molar-refractivity contribution in [1.82, 2.24) is 9.97 Å². The zero-order valence-electron chi connectivity index (χ0n) is 15.1. The van der Waals surface area contributed by atoms with Gasteiger partial charge >= 0.3 is 0 Å². The molecule has 6 heteroatoms.